The molecule has 0 atom stereocenters. The number of para-hydroxylation sites is 1. The van der Waals surface area contributed by atoms with Crippen molar-refractivity contribution in [2.24, 2.45) is 9.98 Å². The average molecular weight is 517 g/mol. The molecule has 1 aromatic heterocycles. The Bertz CT molecular complexity index is 1980. The monoisotopic (exact) mass is 516 g/mol. The lowest BCUT2D eigenvalue weighted by molar-refractivity contribution is 0.661. The zero-order chi connectivity index (χ0) is 26.8. The average Bonchev–Trinajstić information content (AvgIpc) is 3.47. The van der Waals surface area contributed by atoms with Gasteiger partial charge in [0, 0.05) is 27.4 Å². The summed E-state index contributed by atoms with van der Waals surface area (Å²) in [5.74, 6) is 0. The standard InChI is InChI=1S/C36H28N4/c1-36(2)30-11-7-6-10-28(30)33-31(36)18-17-27-29-20-25(23-12-14-24(15-13-23)35-38-21-37-22-39-35)16-19-32(29)40(34(27)33)26-8-4-3-5-9-26/h3-22,35H,1-2H3,(H,37,38,39). The molecule has 5 aromatic carbocycles. The molecule has 0 saturated heterocycles. The summed E-state index contributed by atoms with van der Waals surface area (Å²) in [4.78, 5) is 8.85. The number of hydrogen-bond acceptors (Lipinski definition) is 3. The molecule has 0 fully saturated rings. The van der Waals surface area contributed by atoms with E-state index in [-0.39, 0.29) is 11.6 Å². The van der Waals surface area contributed by atoms with E-state index in [0.29, 0.717) is 0 Å². The Morgan fingerprint density at radius 1 is 0.675 bits per heavy atom. The minimum atomic E-state index is -0.184. The summed E-state index contributed by atoms with van der Waals surface area (Å²) in [6.07, 6.45) is 3.20. The predicted octanol–water partition coefficient (Wildman–Crippen LogP) is 8.42. The Kier molecular flexibility index (Phi) is 4.89. The number of aromatic nitrogens is 1. The summed E-state index contributed by atoms with van der Waals surface area (Å²) < 4.78 is 2.46. The molecule has 40 heavy (non-hydrogen) atoms. The van der Waals surface area contributed by atoms with Crippen molar-refractivity contribution >= 4 is 34.5 Å². The number of fused-ring (bicyclic) bond motifs is 7. The van der Waals surface area contributed by atoms with Crippen LogP contribution in [0, 0.1) is 0 Å². The Labute approximate surface area is 233 Å². The van der Waals surface area contributed by atoms with Gasteiger partial charge >= 0.3 is 0 Å². The van der Waals surface area contributed by atoms with Gasteiger partial charge in [0.2, 0.25) is 0 Å². The molecule has 2 heterocycles. The molecule has 1 aliphatic carbocycles. The number of rotatable bonds is 3. The molecular formula is C36H28N4. The zero-order valence-corrected chi connectivity index (χ0v) is 22.5. The van der Waals surface area contributed by atoms with Gasteiger partial charge in [0.25, 0.3) is 0 Å². The lowest BCUT2D eigenvalue weighted by atomic mass is 9.82. The molecule has 8 rings (SSSR count). The normalized spacial score (nSPS) is 15.3. The second-order valence-corrected chi connectivity index (χ2v) is 11.2. The van der Waals surface area contributed by atoms with Gasteiger partial charge in [0.05, 0.1) is 23.7 Å². The molecule has 6 aromatic rings. The second-order valence-electron chi connectivity index (χ2n) is 11.2. The third-order valence-electron chi connectivity index (χ3n) is 8.61. The van der Waals surface area contributed by atoms with Gasteiger partial charge in [0.1, 0.15) is 0 Å². The summed E-state index contributed by atoms with van der Waals surface area (Å²) in [7, 11) is 0. The van der Waals surface area contributed by atoms with Crippen molar-refractivity contribution in [1.29, 1.82) is 0 Å². The number of nitrogens with zero attached hydrogens (tertiary/aromatic N) is 3. The summed E-state index contributed by atoms with van der Waals surface area (Å²) in [5, 5.41) is 5.45. The largest absolute Gasteiger partial charge is 0.338 e. The van der Waals surface area contributed by atoms with Crippen LogP contribution in [0.4, 0.5) is 0 Å². The molecule has 1 aliphatic heterocycles. The van der Waals surface area contributed by atoms with E-state index in [9.17, 15) is 0 Å². The van der Waals surface area contributed by atoms with Crippen LogP contribution in [-0.2, 0) is 5.41 Å². The van der Waals surface area contributed by atoms with Gasteiger partial charge in [-0.05, 0) is 57.6 Å². The summed E-state index contributed by atoms with van der Waals surface area (Å²) in [5.41, 5.74) is 12.6. The minimum absolute atomic E-state index is 0.0481. The second kappa shape index (κ2) is 8.52. The first-order valence-electron chi connectivity index (χ1n) is 13.8. The molecule has 0 radical (unpaired) electrons. The third-order valence-corrected chi connectivity index (χ3v) is 8.61. The van der Waals surface area contributed by atoms with Crippen molar-refractivity contribution in [2.45, 2.75) is 25.4 Å². The Morgan fingerprint density at radius 3 is 2.20 bits per heavy atom. The van der Waals surface area contributed by atoms with Crippen molar-refractivity contribution < 1.29 is 0 Å². The van der Waals surface area contributed by atoms with Gasteiger partial charge in [-0.25, -0.2) is 9.98 Å². The quantitative estimate of drug-likeness (QED) is 0.252. The number of hydrogen-bond donors (Lipinski definition) is 1. The van der Waals surface area contributed by atoms with E-state index in [1.54, 1.807) is 12.7 Å². The fraction of sp³-hybridized carbons (Fsp3) is 0.111. The SMILES string of the molecule is CC1(C)c2ccccc2-c2c1ccc1c3cc(-c4ccc(C5N=CNC=N5)cc4)ccc3n(-c3ccccc3)c21. The zero-order valence-electron chi connectivity index (χ0n) is 22.5. The maximum Gasteiger partial charge on any atom is 0.168 e. The fourth-order valence-corrected chi connectivity index (χ4v) is 6.64. The highest BCUT2D eigenvalue weighted by molar-refractivity contribution is 6.16. The molecule has 192 valence electrons. The molecule has 0 bridgehead atoms. The van der Waals surface area contributed by atoms with Crippen molar-refractivity contribution in [2.75, 3.05) is 0 Å². The van der Waals surface area contributed by atoms with Crippen LogP contribution in [0.25, 0.3) is 49.7 Å². The van der Waals surface area contributed by atoms with Crippen LogP contribution in [-0.4, -0.2) is 17.2 Å². The highest BCUT2D eigenvalue weighted by Gasteiger charge is 2.37. The van der Waals surface area contributed by atoms with Crippen LogP contribution >= 0.6 is 0 Å². The molecule has 0 unspecified atom stereocenters. The molecule has 4 nitrogen and oxygen atoms in total. The maximum absolute atomic E-state index is 4.43. The number of benzene rings is 5. The topological polar surface area (TPSA) is 41.7 Å². The van der Waals surface area contributed by atoms with E-state index in [1.165, 1.54) is 60.9 Å². The van der Waals surface area contributed by atoms with Gasteiger partial charge in [-0.15, -0.1) is 0 Å². The molecule has 2 aliphatic rings. The van der Waals surface area contributed by atoms with Crippen molar-refractivity contribution in [3.05, 3.63) is 126 Å². The fourth-order valence-electron chi connectivity index (χ4n) is 6.64. The van der Waals surface area contributed by atoms with Crippen LogP contribution in [0.5, 0.6) is 0 Å². The first kappa shape index (κ1) is 23.0. The Morgan fingerprint density at radius 2 is 1.40 bits per heavy atom. The van der Waals surface area contributed by atoms with Gasteiger partial charge in [0.15, 0.2) is 6.17 Å². The Balaban J connectivity index is 1.37. The van der Waals surface area contributed by atoms with Crippen LogP contribution < -0.4 is 5.32 Å². The summed E-state index contributed by atoms with van der Waals surface area (Å²) in [6.45, 7) is 4.70. The van der Waals surface area contributed by atoms with Gasteiger partial charge < -0.3 is 9.88 Å². The van der Waals surface area contributed by atoms with E-state index in [4.69, 9.17) is 0 Å². The van der Waals surface area contributed by atoms with Crippen LogP contribution in [0.2, 0.25) is 0 Å². The van der Waals surface area contributed by atoms with Gasteiger partial charge in [-0.2, -0.15) is 0 Å². The van der Waals surface area contributed by atoms with Crippen LogP contribution in [0.15, 0.2) is 119 Å². The van der Waals surface area contributed by atoms with Crippen LogP contribution in [0.1, 0.15) is 36.7 Å². The van der Waals surface area contributed by atoms with Crippen molar-refractivity contribution in [3.63, 3.8) is 0 Å². The first-order valence-corrected chi connectivity index (χ1v) is 13.8. The van der Waals surface area contributed by atoms with Gasteiger partial charge in [-0.1, -0.05) is 98.8 Å². The molecule has 0 saturated carbocycles. The number of aliphatic imine (C=N–C) groups is 2. The van der Waals surface area contributed by atoms with Crippen LogP contribution in [0.3, 0.4) is 0 Å². The molecule has 1 N–H and O–H groups in total. The van der Waals surface area contributed by atoms with E-state index in [2.05, 4.69) is 143 Å². The maximum atomic E-state index is 4.43. The van der Waals surface area contributed by atoms with E-state index >= 15 is 0 Å². The Hall–Kier alpha value is -4.96. The predicted molar refractivity (Wildman–Crippen MR) is 167 cm³/mol. The highest BCUT2D eigenvalue weighted by Crippen LogP contribution is 2.53. The smallest absolute Gasteiger partial charge is 0.168 e. The third kappa shape index (κ3) is 3.26. The molecule has 0 amide bonds. The van der Waals surface area contributed by atoms with Crippen molar-refractivity contribution in [3.8, 4) is 27.9 Å². The minimum Gasteiger partial charge on any atom is -0.338 e. The highest BCUT2D eigenvalue weighted by atomic mass is 15.1. The first-order chi connectivity index (χ1) is 19.6. The summed E-state index contributed by atoms with van der Waals surface area (Å²) >= 11 is 0. The molecular weight excluding hydrogens is 488 g/mol. The van der Waals surface area contributed by atoms with Gasteiger partial charge in [-0.3, -0.25) is 0 Å². The van der Waals surface area contributed by atoms with E-state index in [0.717, 1.165) is 5.56 Å². The van der Waals surface area contributed by atoms with Crippen molar-refractivity contribution in [1.82, 2.24) is 9.88 Å². The number of nitrogens with one attached hydrogen (secondary N) is 1. The molecule has 0 spiro atoms. The lowest BCUT2D eigenvalue weighted by Gasteiger charge is -2.21. The van der Waals surface area contributed by atoms with E-state index in [1.807, 2.05) is 0 Å². The molecule has 4 heteroatoms. The lowest BCUT2D eigenvalue weighted by Crippen LogP contribution is -2.14. The summed E-state index contributed by atoms with van der Waals surface area (Å²) in [6, 6.07) is 39.9. The van der Waals surface area contributed by atoms with E-state index < -0.39 is 0 Å².